The molecule has 42 heavy (non-hydrogen) atoms. The zero-order chi connectivity index (χ0) is 31.4. The first-order valence-corrected chi connectivity index (χ1v) is 13.1. The largest absolute Gasteiger partial charge is 0.496 e. The number of halogens is 6. The van der Waals surface area contributed by atoms with Crippen LogP contribution in [0.1, 0.15) is 74.0 Å². The number of methoxy groups -OCH3 is 1. The van der Waals surface area contributed by atoms with Crippen molar-refractivity contribution in [3.63, 3.8) is 0 Å². The number of nitro benzene ring substituents is 1. The molecule has 4 rings (SSSR count). The number of aryl methyl sites for hydroxylation is 1. The second-order valence-corrected chi connectivity index (χ2v) is 11.6. The quantitative estimate of drug-likeness (QED) is 0.189. The summed E-state index contributed by atoms with van der Waals surface area (Å²) in [6, 6.07) is 4.24. The molecule has 0 bridgehead atoms. The normalized spacial score (nSPS) is 21.0. The molecule has 1 aliphatic carbocycles. The van der Waals surface area contributed by atoms with Gasteiger partial charge in [0.05, 0.1) is 23.6 Å². The third-order valence-corrected chi connectivity index (χ3v) is 7.82. The number of ether oxygens (including phenoxy) is 2. The van der Waals surface area contributed by atoms with Crippen molar-refractivity contribution < 1.29 is 45.5 Å². The highest BCUT2D eigenvalue weighted by atomic mass is 19.4. The van der Waals surface area contributed by atoms with Gasteiger partial charge in [0.2, 0.25) is 0 Å². The van der Waals surface area contributed by atoms with E-state index in [4.69, 9.17) is 9.47 Å². The summed E-state index contributed by atoms with van der Waals surface area (Å²) in [4.78, 5) is 25.0. The van der Waals surface area contributed by atoms with Crippen molar-refractivity contribution in [2.75, 3.05) is 13.7 Å². The van der Waals surface area contributed by atoms with Gasteiger partial charge >= 0.3 is 18.4 Å². The van der Waals surface area contributed by atoms with Crippen molar-refractivity contribution in [3.8, 4) is 5.75 Å². The van der Waals surface area contributed by atoms with Gasteiger partial charge < -0.3 is 9.47 Å². The Morgan fingerprint density at radius 1 is 1.10 bits per heavy atom. The van der Waals surface area contributed by atoms with E-state index in [2.05, 4.69) is 0 Å². The summed E-state index contributed by atoms with van der Waals surface area (Å²) in [6.45, 7) is 7.08. The molecule has 0 aromatic heterocycles. The number of hydrogen-bond donors (Lipinski definition) is 0. The van der Waals surface area contributed by atoms with E-state index in [9.17, 15) is 41.3 Å². The van der Waals surface area contributed by atoms with Crippen LogP contribution in [0.2, 0.25) is 0 Å². The highest BCUT2D eigenvalue weighted by Crippen LogP contribution is 2.48. The van der Waals surface area contributed by atoms with E-state index in [0.717, 1.165) is 18.2 Å². The average molecular weight is 601 g/mol. The number of alkyl halides is 6. The van der Waals surface area contributed by atoms with Crippen molar-refractivity contribution in [3.05, 3.63) is 73.8 Å². The van der Waals surface area contributed by atoms with Crippen LogP contribution in [0.5, 0.6) is 5.75 Å². The number of amides is 1. The molecule has 1 fully saturated rings. The maximum absolute atomic E-state index is 13.6. The van der Waals surface area contributed by atoms with Gasteiger partial charge in [-0.2, -0.15) is 26.3 Å². The fourth-order valence-corrected chi connectivity index (χ4v) is 5.75. The lowest BCUT2D eigenvalue weighted by Crippen LogP contribution is -2.35. The highest BCUT2D eigenvalue weighted by Gasteiger charge is 2.44. The van der Waals surface area contributed by atoms with Gasteiger partial charge in [-0.15, -0.1) is 0 Å². The lowest BCUT2D eigenvalue weighted by Gasteiger charge is -2.35. The van der Waals surface area contributed by atoms with Gasteiger partial charge in [0.1, 0.15) is 17.4 Å². The Morgan fingerprint density at radius 3 is 2.33 bits per heavy atom. The van der Waals surface area contributed by atoms with Crippen molar-refractivity contribution in [1.29, 1.82) is 0 Å². The van der Waals surface area contributed by atoms with E-state index >= 15 is 0 Å². The molecule has 13 heteroatoms. The topological polar surface area (TPSA) is 81.9 Å². The summed E-state index contributed by atoms with van der Waals surface area (Å²) in [7, 11) is 1.17. The molecule has 7 nitrogen and oxygen atoms in total. The third kappa shape index (κ3) is 6.19. The van der Waals surface area contributed by atoms with Crippen LogP contribution in [0.3, 0.4) is 0 Å². The minimum absolute atomic E-state index is 0.0365. The van der Waals surface area contributed by atoms with Crippen LogP contribution in [-0.4, -0.2) is 35.6 Å². The Hall–Kier alpha value is -3.77. The number of benzene rings is 2. The summed E-state index contributed by atoms with van der Waals surface area (Å²) < 4.78 is 92.1. The first-order chi connectivity index (χ1) is 19.3. The van der Waals surface area contributed by atoms with Crippen molar-refractivity contribution in [2.45, 2.75) is 71.5 Å². The number of carbonyl (C=O) groups excluding carboxylic acids is 1. The van der Waals surface area contributed by atoms with E-state index in [1.165, 1.54) is 25.0 Å². The Labute approximate surface area is 238 Å². The van der Waals surface area contributed by atoms with E-state index in [-0.39, 0.29) is 28.8 Å². The molecule has 2 atom stereocenters. The number of allylic oxidation sites excluding steroid dienone is 1. The molecule has 2 aromatic carbocycles. The molecule has 1 aliphatic heterocycles. The zero-order valence-electron chi connectivity index (χ0n) is 23.6. The van der Waals surface area contributed by atoms with Gasteiger partial charge in [-0.25, -0.2) is 4.79 Å². The predicted octanol–water partition coefficient (Wildman–Crippen LogP) is 8.50. The van der Waals surface area contributed by atoms with E-state index in [0.29, 0.717) is 42.0 Å². The van der Waals surface area contributed by atoms with Gasteiger partial charge in [0.25, 0.3) is 5.69 Å². The first kappa shape index (κ1) is 31.2. The number of nitrogens with zero attached hydrogens (tertiary/aromatic N) is 2. The van der Waals surface area contributed by atoms with E-state index < -0.39 is 52.3 Å². The van der Waals surface area contributed by atoms with Crippen LogP contribution in [-0.2, 0) is 17.1 Å². The molecular weight excluding hydrogens is 570 g/mol. The maximum Gasteiger partial charge on any atom is 0.423 e. The van der Waals surface area contributed by atoms with Crippen molar-refractivity contribution >= 4 is 17.4 Å². The highest BCUT2D eigenvalue weighted by molar-refractivity contribution is 5.78. The van der Waals surface area contributed by atoms with Gasteiger partial charge in [-0.3, -0.25) is 15.0 Å². The number of carbonyl (C=O) groups is 1. The lowest BCUT2D eigenvalue weighted by molar-refractivity contribution is -0.388. The molecule has 0 spiro atoms. The van der Waals surface area contributed by atoms with Gasteiger partial charge in [0, 0.05) is 18.2 Å². The summed E-state index contributed by atoms with van der Waals surface area (Å²) >= 11 is 0. The van der Waals surface area contributed by atoms with Crippen molar-refractivity contribution in [1.82, 2.24) is 4.90 Å². The van der Waals surface area contributed by atoms with Crippen LogP contribution in [0.15, 0.2) is 35.9 Å². The zero-order valence-corrected chi connectivity index (χ0v) is 23.6. The minimum Gasteiger partial charge on any atom is -0.496 e. The standard InChI is InChI=1S/C29H30F6N2O5/c1-15-8-17(10-19(9-15)28(30,31)32)25-16(2)36(26(38)42-25)14-18-13-27(3,4)7-6-20(18)21-11-23(37(39)40)22(29(33,34)35)12-24(21)41-5/h8-12,16,25H,6-7,13-14H2,1-5H3/t16-,25-/m0/s1. The fraction of sp³-hybridized carbons (Fsp3) is 0.483. The smallest absolute Gasteiger partial charge is 0.423 e. The molecule has 2 aromatic rings. The molecule has 1 saturated heterocycles. The van der Waals surface area contributed by atoms with Crippen LogP contribution in [0.25, 0.3) is 5.57 Å². The number of hydrogen-bond acceptors (Lipinski definition) is 5. The predicted molar refractivity (Wildman–Crippen MR) is 141 cm³/mol. The number of rotatable bonds is 6. The van der Waals surface area contributed by atoms with Gasteiger partial charge in [-0.1, -0.05) is 25.5 Å². The average Bonchev–Trinajstić information content (AvgIpc) is 3.14. The van der Waals surface area contributed by atoms with Crippen LogP contribution >= 0.6 is 0 Å². The van der Waals surface area contributed by atoms with Gasteiger partial charge in [0.15, 0.2) is 0 Å². The molecule has 1 heterocycles. The lowest BCUT2D eigenvalue weighted by atomic mass is 9.72. The SMILES string of the molecule is COc1cc(C(F)(F)F)c([N+](=O)[O-])cc1C1=C(CN2C(=O)O[C@H](c3cc(C)cc(C(F)(F)F)c3)[C@@H]2C)CC(C)(C)CC1. The second-order valence-electron chi connectivity index (χ2n) is 11.6. The Morgan fingerprint density at radius 2 is 1.76 bits per heavy atom. The third-order valence-electron chi connectivity index (χ3n) is 7.82. The maximum atomic E-state index is 13.6. The molecule has 228 valence electrons. The molecule has 2 aliphatic rings. The fourth-order valence-electron chi connectivity index (χ4n) is 5.75. The number of nitro groups is 1. The van der Waals surface area contributed by atoms with Crippen LogP contribution < -0.4 is 4.74 Å². The summed E-state index contributed by atoms with van der Waals surface area (Å²) in [5, 5.41) is 11.6. The molecule has 0 unspecified atom stereocenters. The van der Waals surface area contributed by atoms with Gasteiger partial charge in [-0.05, 0) is 73.4 Å². The second kappa shape index (κ2) is 10.8. The van der Waals surface area contributed by atoms with Crippen LogP contribution in [0, 0.1) is 22.5 Å². The molecule has 1 amide bonds. The summed E-state index contributed by atoms with van der Waals surface area (Å²) in [5.41, 5.74) is -1.90. The van der Waals surface area contributed by atoms with Crippen molar-refractivity contribution in [2.24, 2.45) is 5.41 Å². The van der Waals surface area contributed by atoms with E-state index in [1.807, 2.05) is 13.8 Å². The number of cyclic esters (lactones) is 1. The molecule has 0 saturated carbocycles. The van der Waals surface area contributed by atoms with E-state index in [1.54, 1.807) is 6.92 Å². The first-order valence-electron chi connectivity index (χ1n) is 13.1. The Bertz CT molecular complexity index is 1450. The van der Waals surface area contributed by atoms with Crippen LogP contribution in [0.4, 0.5) is 36.8 Å². The monoisotopic (exact) mass is 600 g/mol. The molecule has 0 N–H and O–H groups in total. The Kier molecular flexibility index (Phi) is 8.02. The molecule has 0 radical (unpaired) electrons. The summed E-state index contributed by atoms with van der Waals surface area (Å²) in [5.74, 6) is -0.200. The Balaban J connectivity index is 1.78. The molecular formula is C29H30F6N2O5. The summed E-state index contributed by atoms with van der Waals surface area (Å²) in [6.07, 6.45) is -9.99. The minimum atomic E-state index is -4.99.